The fraction of sp³-hybridized carbons (Fsp3) is 0.280. The fourth-order valence-electron chi connectivity index (χ4n) is 4.13. The van der Waals surface area contributed by atoms with Crippen LogP contribution >= 0.6 is 46.4 Å². The van der Waals surface area contributed by atoms with Crippen molar-refractivity contribution in [2.24, 2.45) is 0 Å². The maximum Gasteiger partial charge on any atom is 0.254 e. The van der Waals surface area contributed by atoms with Crippen molar-refractivity contribution in [3.63, 3.8) is 0 Å². The van der Waals surface area contributed by atoms with Gasteiger partial charge in [0, 0.05) is 41.8 Å². The number of hydrogen-bond donors (Lipinski definition) is 1. The number of carbonyl (C=O) groups is 2. The lowest BCUT2D eigenvalue weighted by Gasteiger charge is -2.32. The van der Waals surface area contributed by atoms with Crippen molar-refractivity contribution >= 4 is 58.2 Å². The van der Waals surface area contributed by atoms with Gasteiger partial charge >= 0.3 is 0 Å². The molecule has 0 unspecified atom stereocenters. The van der Waals surface area contributed by atoms with E-state index in [1.165, 1.54) is 12.5 Å². The van der Waals surface area contributed by atoms with Crippen LogP contribution in [-0.2, 0) is 17.8 Å². The highest BCUT2D eigenvalue weighted by molar-refractivity contribution is 6.42. The van der Waals surface area contributed by atoms with Crippen molar-refractivity contribution in [2.45, 2.75) is 31.7 Å². The van der Waals surface area contributed by atoms with E-state index >= 15 is 0 Å². The maximum atomic E-state index is 12.9. The van der Waals surface area contributed by atoms with E-state index in [-0.39, 0.29) is 24.2 Å². The highest BCUT2D eigenvalue weighted by atomic mass is 35.5. The summed E-state index contributed by atoms with van der Waals surface area (Å²) in [7, 11) is 0. The van der Waals surface area contributed by atoms with Crippen LogP contribution in [0.5, 0.6) is 0 Å². The van der Waals surface area contributed by atoms with E-state index in [2.05, 4.69) is 15.3 Å². The van der Waals surface area contributed by atoms with Crippen molar-refractivity contribution in [1.82, 2.24) is 20.2 Å². The van der Waals surface area contributed by atoms with Crippen molar-refractivity contribution in [3.8, 4) is 0 Å². The van der Waals surface area contributed by atoms with Crippen LogP contribution in [0.4, 0.5) is 0 Å². The van der Waals surface area contributed by atoms with Crippen LogP contribution in [0.15, 0.2) is 48.9 Å². The number of likely N-dealkylation sites (tertiary alicyclic amines) is 1. The molecule has 1 N–H and O–H groups in total. The Morgan fingerprint density at radius 1 is 0.971 bits per heavy atom. The zero-order valence-electron chi connectivity index (χ0n) is 18.6. The molecule has 0 saturated carbocycles. The monoisotopic (exact) mass is 550 g/mol. The third kappa shape index (κ3) is 6.25. The van der Waals surface area contributed by atoms with E-state index < -0.39 is 0 Å². The van der Waals surface area contributed by atoms with E-state index in [0.717, 1.165) is 5.56 Å². The second-order valence-corrected chi connectivity index (χ2v) is 9.91. The molecule has 1 aromatic heterocycles. The molecule has 2 aromatic carbocycles. The predicted molar refractivity (Wildman–Crippen MR) is 138 cm³/mol. The molecule has 3 aromatic rings. The zero-order chi connectivity index (χ0) is 24.9. The van der Waals surface area contributed by atoms with Crippen LogP contribution in [-0.4, -0.2) is 39.8 Å². The number of aromatic nitrogens is 2. The third-order valence-electron chi connectivity index (χ3n) is 6.05. The third-order valence-corrected chi connectivity index (χ3v) is 7.50. The molecular weight excluding hydrogens is 530 g/mol. The summed E-state index contributed by atoms with van der Waals surface area (Å²) in [5.74, 6) is -0.254. The fourth-order valence-corrected chi connectivity index (χ4v) is 4.98. The summed E-state index contributed by atoms with van der Waals surface area (Å²) in [6, 6.07) is 10.4. The molecule has 1 saturated heterocycles. The largest absolute Gasteiger partial charge is 0.348 e. The molecular formula is C25H22Cl4N4O2. The standard InChI is InChI=1S/C25H22Cl4N4O2/c26-19-2-1-3-20(27)17(19)11-23(34)33-8-6-16(7-9-33)24-18(13-30-14-32-24)25(35)31-12-15-4-5-21(28)22(29)10-15/h1-5,10,13-14,16H,6-9,11-12H2,(H,31,35). The van der Waals surface area contributed by atoms with Gasteiger partial charge in [0.05, 0.1) is 27.7 Å². The van der Waals surface area contributed by atoms with Gasteiger partial charge in [-0.15, -0.1) is 0 Å². The second-order valence-electron chi connectivity index (χ2n) is 8.28. The number of carbonyl (C=O) groups excluding carboxylic acids is 2. The molecule has 2 amide bonds. The van der Waals surface area contributed by atoms with Gasteiger partial charge in [0.15, 0.2) is 0 Å². The number of amides is 2. The number of halogens is 4. The molecule has 10 heteroatoms. The Morgan fingerprint density at radius 2 is 1.69 bits per heavy atom. The lowest BCUT2D eigenvalue weighted by Crippen LogP contribution is -2.39. The lowest BCUT2D eigenvalue weighted by atomic mass is 9.90. The second kappa shape index (κ2) is 11.6. The summed E-state index contributed by atoms with van der Waals surface area (Å²) in [5, 5.41) is 4.75. The molecule has 35 heavy (non-hydrogen) atoms. The Bertz CT molecular complexity index is 1230. The summed E-state index contributed by atoms with van der Waals surface area (Å²) in [5.41, 5.74) is 2.59. The molecule has 0 atom stereocenters. The van der Waals surface area contributed by atoms with E-state index in [0.29, 0.717) is 69.4 Å². The molecule has 0 aliphatic carbocycles. The summed E-state index contributed by atoms with van der Waals surface area (Å²) in [6.07, 6.45) is 4.50. The Kier molecular flexibility index (Phi) is 8.50. The maximum absolute atomic E-state index is 12.9. The number of rotatable bonds is 6. The van der Waals surface area contributed by atoms with Gasteiger partial charge < -0.3 is 10.2 Å². The summed E-state index contributed by atoms with van der Waals surface area (Å²) < 4.78 is 0. The molecule has 0 spiro atoms. The summed E-state index contributed by atoms with van der Waals surface area (Å²) in [4.78, 5) is 36.1. The molecule has 0 bridgehead atoms. The number of benzene rings is 2. The molecule has 4 rings (SSSR count). The van der Waals surface area contributed by atoms with Crippen molar-refractivity contribution in [1.29, 1.82) is 0 Å². The van der Waals surface area contributed by atoms with Crippen LogP contribution in [0.25, 0.3) is 0 Å². The van der Waals surface area contributed by atoms with Gasteiger partial charge in [-0.05, 0) is 48.2 Å². The molecule has 1 aliphatic rings. The Labute approximate surface area is 223 Å². The smallest absolute Gasteiger partial charge is 0.254 e. The number of nitrogens with zero attached hydrogens (tertiary/aromatic N) is 3. The Hall–Kier alpha value is -2.38. The lowest BCUT2D eigenvalue weighted by molar-refractivity contribution is -0.131. The van der Waals surface area contributed by atoms with Crippen LogP contribution in [0, 0.1) is 0 Å². The van der Waals surface area contributed by atoms with Gasteiger partial charge in [0.1, 0.15) is 6.33 Å². The van der Waals surface area contributed by atoms with Crippen molar-refractivity contribution in [3.05, 3.63) is 91.4 Å². The first kappa shape index (κ1) is 25.7. The molecule has 6 nitrogen and oxygen atoms in total. The number of piperidine rings is 1. The first-order chi connectivity index (χ1) is 16.8. The normalized spacial score (nSPS) is 14.1. The van der Waals surface area contributed by atoms with Crippen LogP contribution < -0.4 is 5.32 Å². The minimum Gasteiger partial charge on any atom is -0.348 e. The first-order valence-corrected chi connectivity index (χ1v) is 12.6. The van der Waals surface area contributed by atoms with Crippen molar-refractivity contribution in [2.75, 3.05) is 13.1 Å². The van der Waals surface area contributed by atoms with Gasteiger partial charge in [0.25, 0.3) is 5.91 Å². The molecule has 2 heterocycles. The highest BCUT2D eigenvalue weighted by Gasteiger charge is 2.28. The van der Waals surface area contributed by atoms with E-state index in [1.807, 2.05) is 0 Å². The molecule has 0 radical (unpaired) electrons. The zero-order valence-corrected chi connectivity index (χ0v) is 21.6. The molecule has 182 valence electrons. The topological polar surface area (TPSA) is 75.2 Å². The van der Waals surface area contributed by atoms with Gasteiger partial charge in [-0.3, -0.25) is 9.59 Å². The Morgan fingerprint density at radius 3 is 2.37 bits per heavy atom. The van der Waals surface area contributed by atoms with Gasteiger partial charge in [-0.25, -0.2) is 9.97 Å². The number of hydrogen-bond acceptors (Lipinski definition) is 4. The number of nitrogens with one attached hydrogen (secondary N) is 1. The first-order valence-electron chi connectivity index (χ1n) is 11.1. The minimum atomic E-state index is -0.265. The quantitative estimate of drug-likeness (QED) is 0.409. The SMILES string of the molecule is O=C(NCc1ccc(Cl)c(Cl)c1)c1cncnc1C1CCN(C(=O)Cc2c(Cl)cccc2Cl)CC1. The van der Waals surface area contributed by atoms with Gasteiger partial charge in [-0.2, -0.15) is 0 Å². The van der Waals surface area contributed by atoms with E-state index in [1.54, 1.807) is 41.3 Å². The van der Waals surface area contributed by atoms with E-state index in [4.69, 9.17) is 46.4 Å². The van der Waals surface area contributed by atoms with Crippen molar-refractivity contribution < 1.29 is 9.59 Å². The molecule has 1 aliphatic heterocycles. The minimum absolute atomic E-state index is 0.0271. The molecule has 1 fully saturated rings. The summed E-state index contributed by atoms with van der Waals surface area (Å²) in [6.45, 7) is 1.40. The predicted octanol–water partition coefficient (Wildman–Crippen LogP) is 5.97. The van der Waals surface area contributed by atoms with Crippen LogP contribution in [0.1, 0.15) is 45.9 Å². The summed E-state index contributed by atoms with van der Waals surface area (Å²) >= 11 is 24.5. The average Bonchev–Trinajstić information content (AvgIpc) is 2.87. The van der Waals surface area contributed by atoms with Crippen LogP contribution in [0.3, 0.4) is 0 Å². The average molecular weight is 552 g/mol. The van der Waals surface area contributed by atoms with Crippen LogP contribution in [0.2, 0.25) is 20.1 Å². The highest BCUT2D eigenvalue weighted by Crippen LogP contribution is 2.30. The van der Waals surface area contributed by atoms with Gasteiger partial charge in [0.2, 0.25) is 5.91 Å². The Balaban J connectivity index is 1.38. The van der Waals surface area contributed by atoms with E-state index in [9.17, 15) is 9.59 Å². The van der Waals surface area contributed by atoms with Gasteiger partial charge in [-0.1, -0.05) is 58.5 Å².